The molecule has 0 saturated carbocycles. The quantitative estimate of drug-likeness (QED) is 0.482. The maximum atomic E-state index is 8.51. The zero-order valence-corrected chi connectivity index (χ0v) is 5.82. The van der Waals surface area contributed by atoms with Crippen LogP contribution in [0.2, 0.25) is 0 Å². The second kappa shape index (κ2) is 2.55. The van der Waals surface area contributed by atoms with Crippen LogP contribution in [0.25, 0.3) is 0 Å². The molecule has 0 spiro atoms. The van der Waals surface area contributed by atoms with Gasteiger partial charge in [0.1, 0.15) is 4.87 Å². The van der Waals surface area contributed by atoms with Crippen LogP contribution < -0.4 is 0 Å². The molecule has 3 heteroatoms. The molecule has 1 saturated heterocycles. The highest BCUT2D eigenvalue weighted by atomic mass is 35.5. The molecular formula is C6H8ClNO. The Bertz CT molecular complexity index is 134. The van der Waals surface area contributed by atoms with Crippen LogP contribution in [0.4, 0.5) is 0 Å². The molecule has 9 heavy (non-hydrogen) atoms. The van der Waals surface area contributed by atoms with Gasteiger partial charge in [-0.1, -0.05) is 0 Å². The monoisotopic (exact) mass is 145 g/mol. The fraction of sp³-hybridized carbons (Fsp3) is 0.833. The van der Waals surface area contributed by atoms with E-state index in [1.165, 1.54) is 0 Å². The molecule has 1 heterocycles. The summed E-state index contributed by atoms with van der Waals surface area (Å²) in [5, 5.41) is 8.51. The topological polar surface area (TPSA) is 33.0 Å². The van der Waals surface area contributed by atoms with E-state index in [2.05, 4.69) is 6.07 Å². The molecule has 50 valence electrons. The van der Waals surface area contributed by atoms with Gasteiger partial charge in [-0.3, -0.25) is 0 Å². The molecule has 0 bridgehead atoms. The van der Waals surface area contributed by atoms with Gasteiger partial charge in [0.15, 0.2) is 0 Å². The van der Waals surface area contributed by atoms with E-state index in [4.69, 9.17) is 21.6 Å². The summed E-state index contributed by atoms with van der Waals surface area (Å²) in [4.78, 5) is -0.627. The lowest BCUT2D eigenvalue weighted by atomic mass is 10.0. The summed E-state index contributed by atoms with van der Waals surface area (Å²) in [6.45, 7) is 1.24. The van der Waals surface area contributed by atoms with Gasteiger partial charge in [-0.15, -0.1) is 11.6 Å². The van der Waals surface area contributed by atoms with Crippen LogP contribution in [0.3, 0.4) is 0 Å². The Morgan fingerprint density at radius 2 is 2.00 bits per heavy atom. The van der Waals surface area contributed by atoms with Gasteiger partial charge in [0.2, 0.25) is 0 Å². The van der Waals surface area contributed by atoms with Gasteiger partial charge in [-0.25, -0.2) is 0 Å². The van der Waals surface area contributed by atoms with Crippen LogP contribution in [0.1, 0.15) is 12.8 Å². The smallest absolute Gasteiger partial charge is 0.135 e. The lowest BCUT2D eigenvalue weighted by Gasteiger charge is -2.23. The minimum atomic E-state index is -0.627. The van der Waals surface area contributed by atoms with Crippen molar-refractivity contribution in [2.24, 2.45) is 0 Å². The average Bonchev–Trinajstić information content (AvgIpc) is 1.90. The van der Waals surface area contributed by atoms with Gasteiger partial charge in [0, 0.05) is 26.1 Å². The third kappa shape index (κ3) is 1.57. The first kappa shape index (κ1) is 6.85. The van der Waals surface area contributed by atoms with Crippen LogP contribution in [0.5, 0.6) is 0 Å². The summed E-state index contributed by atoms with van der Waals surface area (Å²) in [6.07, 6.45) is 1.32. The maximum Gasteiger partial charge on any atom is 0.135 e. The average molecular weight is 146 g/mol. The summed E-state index contributed by atoms with van der Waals surface area (Å²) in [6, 6.07) is 2.07. The van der Waals surface area contributed by atoms with Gasteiger partial charge in [-0.2, -0.15) is 5.26 Å². The summed E-state index contributed by atoms with van der Waals surface area (Å²) in [5.74, 6) is 0. The van der Waals surface area contributed by atoms with E-state index in [-0.39, 0.29) is 0 Å². The molecule has 0 atom stereocenters. The standard InChI is InChI=1S/C6H8ClNO/c7-6(5-8)1-3-9-4-2-6/h1-4H2. The number of rotatable bonds is 0. The summed E-state index contributed by atoms with van der Waals surface area (Å²) in [5.41, 5.74) is 0. The molecule has 0 aliphatic carbocycles. The normalized spacial score (nSPS) is 24.9. The number of ether oxygens (including phenoxy) is 1. The number of alkyl halides is 1. The van der Waals surface area contributed by atoms with Crippen LogP contribution >= 0.6 is 11.6 Å². The van der Waals surface area contributed by atoms with Crippen molar-refractivity contribution in [3.63, 3.8) is 0 Å². The molecule has 1 rings (SSSR count). The Morgan fingerprint density at radius 1 is 1.44 bits per heavy atom. The van der Waals surface area contributed by atoms with Gasteiger partial charge in [0.05, 0.1) is 6.07 Å². The van der Waals surface area contributed by atoms with Crippen molar-refractivity contribution in [3.05, 3.63) is 0 Å². The first-order valence-electron chi connectivity index (χ1n) is 2.95. The fourth-order valence-corrected chi connectivity index (χ4v) is 0.961. The second-order valence-corrected chi connectivity index (χ2v) is 2.91. The van der Waals surface area contributed by atoms with E-state index >= 15 is 0 Å². The second-order valence-electron chi connectivity index (χ2n) is 2.19. The number of hydrogen-bond acceptors (Lipinski definition) is 2. The minimum Gasteiger partial charge on any atom is -0.381 e. The Kier molecular flexibility index (Phi) is 1.94. The van der Waals surface area contributed by atoms with E-state index in [9.17, 15) is 0 Å². The third-order valence-corrected chi connectivity index (χ3v) is 1.95. The summed E-state index contributed by atoms with van der Waals surface area (Å²) < 4.78 is 5.03. The summed E-state index contributed by atoms with van der Waals surface area (Å²) in [7, 11) is 0. The lowest BCUT2D eigenvalue weighted by molar-refractivity contribution is 0.0870. The molecule has 1 aliphatic heterocycles. The van der Waals surface area contributed by atoms with E-state index in [1.807, 2.05) is 0 Å². The molecule has 0 amide bonds. The van der Waals surface area contributed by atoms with Gasteiger partial charge in [0.25, 0.3) is 0 Å². The Hall–Kier alpha value is -0.260. The van der Waals surface area contributed by atoms with Crippen LogP contribution in [-0.2, 0) is 4.74 Å². The number of halogens is 1. The van der Waals surface area contributed by atoms with E-state index in [1.54, 1.807) is 0 Å². The number of nitriles is 1. The molecule has 1 fully saturated rings. The highest BCUT2D eigenvalue weighted by Crippen LogP contribution is 2.26. The van der Waals surface area contributed by atoms with Gasteiger partial charge >= 0.3 is 0 Å². The Morgan fingerprint density at radius 3 is 2.33 bits per heavy atom. The SMILES string of the molecule is N#CC1(Cl)CCOCC1. The van der Waals surface area contributed by atoms with Crippen molar-refractivity contribution >= 4 is 11.6 Å². The van der Waals surface area contributed by atoms with Gasteiger partial charge in [-0.05, 0) is 0 Å². The van der Waals surface area contributed by atoms with Crippen molar-refractivity contribution in [3.8, 4) is 6.07 Å². The van der Waals surface area contributed by atoms with Crippen LogP contribution in [-0.4, -0.2) is 18.1 Å². The zero-order valence-electron chi connectivity index (χ0n) is 5.06. The number of hydrogen-bond donors (Lipinski definition) is 0. The number of nitrogens with zero attached hydrogens (tertiary/aromatic N) is 1. The predicted octanol–water partition coefficient (Wildman–Crippen LogP) is 1.30. The molecule has 2 nitrogen and oxygen atoms in total. The molecule has 0 N–H and O–H groups in total. The molecule has 0 radical (unpaired) electrons. The third-order valence-electron chi connectivity index (χ3n) is 1.49. The molecule has 0 unspecified atom stereocenters. The molecule has 0 aromatic carbocycles. The van der Waals surface area contributed by atoms with Crippen molar-refractivity contribution in [2.75, 3.05) is 13.2 Å². The molecule has 0 aromatic rings. The highest BCUT2D eigenvalue weighted by molar-refractivity contribution is 6.25. The minimum absolute atomic E-state index is 0.622. The lowest BCUT2D eigenvalue weighted by Crippen LogP contribution is -2.28. The first-order valence-corrected chi connectivity index (χ1v) is 3.33. The van der Waals surface area contributed by atoms with Crippen molar-refractivity contribution in [1.29, 1.82) is 5.26 Å². The molecule has 0 aromatic heterocycles. The van der Waals surface area contributed by atoms with Crippen molar-refractivity contribution < 1.29 is 4.74 Å². The maximum absolute atomic E-state index is 8.51. The first-order chi connectivity index (χ1) is 4.27. The van der Waals surface area contributed by atoms with Crippen LogP contribution in [0.15, 0.2) is 0 Å². The molecular weight excluding hydrogens is 138 g/mol. The van der Waals surface area contributed by atoms with Gasteiger partial charge < -0.3 is 4.74 Å². The van der Waals surface area contributed by atoms with E-state index in [0.29, 0.717) is 26.1 Å². The van der Waals surface area contributed by atoms with E-state index in [0.717, 1.165) is 0 Å². The van der Waals surface area contributed by atoms with Crippen molar-refractivity contribution in [1.82, 2.24) is 0 Å². The zero-order chi connectivity index (χ0) is 6.74. The fourth-order valence-electron chi connectivity index (χ4n) is 0.807. The van der Waals surface area contributed by atoms with Crippen LogP contribution in [0, 0.1) is 11.3 Å². The summed E-state index contributed by atoms with van der Waals surface area (Å²) >= 11 is 5.82. The van der Waals surface area contributed by atoms with Crippen molar-refractivity contribution in [2.45, 2.75) is 17.7 Å². The van der Waals surface area contributed by atoms with E-state index < -0.39 is 4.87 Å². The predicted molar refractivity (Wildman–Crippen MR) is 34.2 cm³/mol. The Labute approximate surface area is 59.4 Å². The highest BCUT2D eigenvalue weighted by Gasteiger charge is 2.29. The Balaban J connectivity index is 2.49. The molecule has 1 aliphatic rings. The largest absolute Gasteiger partial charge is 0.381 e.